The van der Waals surface area contributed by atoms with Gasteiger partial charge >= 0.3 is 51.4 Å². The summed E-state index contributed by atoms with van der Waals surface area (Å²) in [5.74, 6) is 0. The van der Waals surface area contributed by atoms with Crippen molar-refractivity contribution in [3.63, 3.8) is 0 Å². The summed E-state index contributed by atoms with van der Waals surface area (Å²) < 4.78 is 0. The molecule has 2 aromatic carbocycles. The van der Waals surface area contributed by atoms with Crippen LogP contribution in [0.4, 0.5) is 0 Å². The summed E-state index contributed by atoms with van der Waals surface area (Å²) in [5, 5.41) is 2.95. The van der Waals surface area contributed by atoms with Crippen molar-refractivity contribution in [3.05, 3.63) is 60.7 Å². The zero-order valence-electron chi connectivity index (χ0n) is 9.27. The topological polar surface area (TPSA) is 0 Å². The monoisotopic (exact) mass is 236 g/mol. The number of hydrogen-bond donors (Lipinski definition) is 0. The molecule has 0 unspecified atom stereocenters. The van der Waals surface area contributed by atoms with Gasteiger partial charge in [-0.1, -0.05) is 60.7 Å². The van der Waals surface area contributed by atoms with E-state index in [2.05, 4.69) is 67.2 Å². The molecule has 0 aromatic heterocycles. The average molecular weight is 236 g/mol. The minimum Gasteiger partial charge on any atom is -0.255 e. The third-order valence-electron chi connectivity index (χ3n) is 2.41. The van der Waals surface area contributed by atoms with Gasteiger partial charge in [0, 0.05) is 0 Å². The van der Waals surface area contributed by atoms with E-state index in [1.807, 2.05) is 0 Å². The molecule has 0 aliphatic carbocycles. The first-order valence-electron chi connectivity index (χ1n) is 4.82. The van der Waals surface area contributed by atoms with Gasteiger partial charge in [-0.3, -0.25) is 8.80 Å². The largest absolute Gasteiger partial charge is 1.00 e. The van der Waals surface area contributed by atoms with Crippen LogP contribution in [0.3, 0.4) is 0 Å². The van der Waals surface area contributed by atoms with Crippen LogP contribution >= 0.6 is 0 Å². The molecule has 15 heavy (non-hydrogen) atoms. The second-order valence-corrected chi connectivity index (χ2v) is 5.76. The second-order valence-electron chi connectivity index (χ2n) is 3.36. The zero-order valence-corrected chi connectivity index (χ0v) is 13.4. The average Bonchev–Trinajstić information content (AvgIpc) is 2.30. The van der Waals surface area contributed by atoms with E-state index in [-0.39, 0.29) is 51.4 Å². The molecule has 0 fully saturated rings. The van der Waals surface area contributed by atoms with Gasteiger partial charge in [0.1, 0.15) is 0 Å². The van der Waals surface area contributed by atoms with Crippen LogP contribution in [0.1, 0.15) is 0 Å². The minimum atomic E-state index is -0.545. The van der Waals surface area contributed by atoms with Crippen molar-refractivity contribution >= 4 is 19.2 Å². The summed E-state index contributed by atoms with van der Waals surface area (Å²) in [6.07, 6.45) is 0. The molecule has 0 radical (unpaired) electrons. The molecule has 0 amide bonds. The van der Waals surface area contributed by atoms with Crippen LogP contribution in [0.2, 0.25) is 6.55 Å². The molecular formula is C13H13KSi. The number of rotatable bonds is 2. The van der Waals surface area contributed by atoms with E-state index in [0.717, 1.165) is 0 Å². The van der Waals surface area contributed by atoms with Crippen molar-refractivity contribution in [1.29, 1.82) is 0 Å². The first-order valence-corrected chi connectivity index (χ1v) is 6.82. The molecule has 2 heteroatoms. The van der Waals surface area contributed by atoms with Crippen molar-refractivity contribution in [2.24, 2.45) is 0 Å². The maximum absolute atomic E-state index is 2.34. The summed E-state index contributed by atoms with van der Waals surface area (Å²) in [6.45, 7) is 2.34. The smallest absolute Gasteiger partial charge is 0.255 e. The Morgan fingerprint density at radius 3 is 1.33 bits per heavy atom. The van der Waals surface area contributed by atoms with Gasteiger partial charge in [0.2, 0.25) is 0 Å². The van der Waals surface area contributed by atoms with Crippen LogP contribution in [-0.4, -0.2) is 8.80 Å². The van der Waals surface area contributed by atoms with Gasteiger partial charge in [-0.2, -0.15) is 16.9 Å². The normalized spacial score (nSPS) is 9.13. The SMILES string of the molecule is C[Si-](c1ccccc1)c1ccccc1.[K+]. The fraction of sp³-hybridized carbons (Fsp3) is 0.0769. The summed E-state index contributed by atoms with van der Waals surface area (Å²) in [7, 11) is -0.545. The second kappa shape index (κ2) is 6.79. The van der Waals surface area contributed by atoms with E-state index in [0.29, 0.717) is 0 Å². The van der Waals surface area contributed by atoms with Crippen LogP contribution in [0.5, 0.6) is 0 Å². The summed E-state index contributed by atoms with van der Waals surface area (Å²) in [6, 6.07) is 21.5. The maximum atomic E-state index is 2.34. The zero-order chi connectivity index (χ0) is 9.80. The quantitative estimate of drug-likeness (QED) is 0.583. The van der Waals surface area contributed by atoms with Crippen molar-refractivity contribution < 1.29 is 51.4 Å². The Hall–Kier alpha value is 0.293. The molecule has 2 aromatic rings. The molecule has 70 valence electrons. The molecule has 0 spiro atoms. The molecule has 0 aliphatic heterocycles. The third kappa shape index (κ3) is 3.66. The summed E-state index contributed by atoms with van der Waals surface area (Å²) in [5.41, 5.74) is 0. The fourth-order valence-electron chi connectivity index (χ4n) is 1.54. The first-order chi connectivity index (χ1) is 6.88. The van der Waals surface area contributed by atoms with Crippen LogP contribution in [0.25, 0.3) is 0 Å². The van der Waals surface area contributed by atoms with Gasteiger partial charge in [-0.25, -0.2) is 0 Å². The van der Waals surface area contributed by atoms with Crippen molar-refractivity contribution in [2.45, 2.75) is 6.55 Å². The Labute approximate surface area is 136 Å². The Kier molecular flexibility index (Phi) is 6.04. The van der Waals surface area contributed by atoms with Crippen molar-refractivity contribution in [2.75, 3.05) is 0 Å². The molecule has 0 nitrogen and oxygen atoms in total. The molecular weight excluding hydrogens is 223 g/mol. The van der Waals surface area contributed by atoms with Gasteiger partial charge < -0.3 is 0 Å². The molecule has 0 atom stereocenters. The maximum Gasteiger partial charge on any atom is 1.00 e. The predicted molar refractivity (Wildman–Crippen MR) is 63.8 cm³/mol. The molecule has 0 heterocycles. The van der Waals surface area contributed by atoms with Crippen molar-refractivity contribution in [3.8, 4) is 0 Å². The fourth-order valence-corrected chi connectivity index (χ4v) is 3.26. The van der Waals surface area contributed by atoms with Gasteiger partial charge in [0.25, 0.3) is 0 Å². The van der Waals surface area contributed by atoms with Gasteiger partial charge in [0.15, 0.2) is 0 Å². The van der Waals surface area contributed by atoms with Gasteiger partial charge in [0.05, 0.1) is 0 Å². The number of benzene rings is 2. The van der Waals surface area contributed by atoms with Gasteiger partial charge in [-0.05, 0) is 0 Å². The first kappa shape index (κ1) is 13.4. The summed E-state index contributed by atoms with van der Waals surface area (Å²) >= 11 is 0. The van der Waals surface area contributed by atoms with E-state index in [1.165, 1.54) is 10.4 Å². The van der Waals surface area contributed by atoms with E-state index < -0.39 is 8.80 Å². The Morgan fingerprint density at radius 1 is 0.667 bits per heavy atom. The minimum absolute atomic E-state index is 0. The van der Waals surface area contributed by atoms with Gasteiger partial charge in [-0.15, -0.1) is 0 Å². The van der Waals surface area contributed by atoms with E-state index in [9.17, 15) is 0 Å². The molecule has 0 aliphatic rings. The molecule has 0 N–H and O–H groups in total. The number of hydrogen-bond acceptors (Lipinski definition) is 0. The third-order valence-corrected chi connectivity index (χ3v) is 4.81. The molecule has 0 saturated heterocycles. The molecule has 0 saturated carbocycles. The van der Waals surface area contributed by atoms with E-state index in [1.54, 1.807) is 0 Å². The van der Waals surface area contributed by atoms with E-state index in [4.69, 9.17) is 0 Å². The van der Waals surface area contributed by atoms with Crippen LogP contribution < -0.4 is 61.8 Å². The van der Waals surface area contributed by atoms with Crippen molar-refractivity contribution in [1.82, 2.24) is 0 Å². The van der Waals surface area contributed by atoms with Crippen LogP contribution in [-0.2, 0) is 0 Å². The Bertz CT molecular complexity index is 346. The van der Waals surface area contributed by atoms with Crippen LogP contribution in [0, 0.1) is 0 Å². The summed E-state index contributed by atoms with van der Waals surface area (Å²) in [4.78, 5) is 0. The Morgan fingerprint density at radius 2 is 1.00 bits per heavy atom. The van der Waals surface area contributed by atoms with E-state index >= 15 is 0 Å². The predicted octanol–water partition coefficient (Wildman–Crippen LogP) is -1.07. The molecule has 2 rings (SSSR count). The molecule has 0 bridgehead atoms. The van der Waals surface area contributed by atoms with Crippen LogP contribution in [0.15, 0.2) is 60.7 Å². The standard InChI is InChI=1S/C13H13Si.K/c1-14(12-8-4-2-5-9-12)13-10-6-3-7-11-13;/h2-11H,1H3;/q-1;+1. The Balaban J connectivity index is 0.00000112.